The van der Waals surface area contributed by atoms with E-state index in [1.165, 1.54) is 24.0 Å². The number of piperidine rings is 1. The van der Waals surface area contributed by atoms with Crippen LogP contribution >= 0.6 is 0 Å². The number of amides is 1. The molecule has 2 rings (SSSR count). The quantitative estimate of drug-likeness (QED) is 0.630. The summed E-state index contributed by atoms with van der Waals surface area (Å²) in [5.41, 5.74) is 0.216. The number of anilines is 1. The van der Waals surface area contributed by atoms with Crippen LogP contribution in [0.1, 0.15) is 39.2 Å². The van der Waals surface area contributed by atoms with E-state index < -0.39 is 41.7 Å². The molecule has 9 heteroatoms. The Kier molecular flexibility index (Phi) is 7.85. The lowest BCUT2D eigenvalue weighted by molar-refractivity contribution is -0.189. The Morgan fingerprint density at radius 2 is 1.83 bits per heavy atom. The number of carbonyl (C=O) groups is 2. The lowest BCUT2D eigenvalue weighted by Crippen LogP contribution is -2.54. The van der Waals surface area contributed by atoms with Crippen LogP contribution in [0.4, 0.5) is 23.2 Å². The third-order valence-corrected chi connectivity index (χ3v) is 5.72. The molecule has 1 amide bonds. The molecule has 0 saturated carbocycles. The van der Waals surface area contributed by atoms with Crippen molar-refractivity contribution < 1.29 is 32.3 Å². The Morgan fingerprint density at radius 1 is 1.23 bits per heavy atom. The first kappa shape index (κ1) is 24.1. The number of aliphatic carboxylic acids is 1. The van der Waals surface area contributed by atoms with Crippen LogP contribution in [0.15, 0.2) is 18.2 Å². The van der Waals surface area contributed by atoms with Gasteiger partial charge in [0.15, 0.2) is 0 Å². The first-order chi connectivity index (χ1) is 13.9. The number of halogens is 4. The molecule has 1 heterocycles. The number of hydrogen-bond donors (Lipinski definition) is 2. The van der Waals surface area contributed by atoms with E-state index in [9.17, 15) is 27.2 Å². The van der Waals surface area contributed by atoms with Crippen LogP contribution in [0.3, 0.4) is 0 Å². The molecule has 0 spiro atoms. The van der Waals surface area contributed by atoms with E-state index in [2.05, 4.69) is 5.32 Å². The van der Waals surface area contributed by atoms with Crippen molar-refractivity contribution in [2.24, 2.45) is 17.8 Å². The summed E-state index contributed by atoms with van der Waals surface area (Å²) in [6, 6.07) is 2.27. The maximum Gasteiger partial charge on any atom is 0.393 e. The van der Waals surface area contributed by atoms with Gasteiger partial charge in [-0.2, -0.15) is 13.2 Å². The molecule has 0 bridgehead atoms. The lowest BCUT2D eigenvalue weighted by Gasteiger charge is -2.39. The van der Waals surface area contributed by atoms with Crippen LogP contribution in [-0.4, -0.2) is 47.2 Å². The average molecular weight is 432 g/mol. The number of benzene rings is 1. The van der Waals surface area contributed by atoms with Crippen molar-refractivity contribution in [3.05, 3.63) is 29.6 Å². The molecule has 1 aromatic rings. The highest BCUT2D eigenvalue weighted by Gasteiger charge is 2.47. The predicted octanol–water partition coefficient (Wildman–Crippen LogP) is 4.33. The summed E-state index contributed by atoms with van der Waals surface area (Å²) < 4.78 is 54.6. The zero-order chi connectivity index (χ0) is 22.6. The summed E-state index contributed by atoms with van der Waals surface area (Å²) >= 11 is 0. The number of carboxylic acid groups (broad SMARTS) is 1. The van der Waals surface area contributed by atoms with E-state index in [0.717, 1.165) is 13.0 Å². The Balaban J connectivity index is 2.25. The molecule has 1 aromatic carbocycles. The number of nitrogens with one attached hydrogen (secondary N) is 1. The van der Waals surface area contributed by atoms with Gasteiger partial charge in [-0.05, 0) is 56.0 Å². The van der Waals surface area contributed by atoms with E-state index in [0.29, 0.717) is 37.4 Å². The smallest absolute Gasteiger partial charge is 0.393 e. The van der Waals surface area contributed by atoms with Crippen molar-refractivity contribution in [2.75, 3.05) is 18.4 Å². The first-order valence-corrected chi connectivity index (χ1v) is 10.0. The van der Waals surface area contributed by atoms with Crippen LogP contribution in [0.2, 0.25) is 0 Å². The fourth-order valence-electron chi connectivity index (χ4n) is 3.64. The lowest BCUT2D eigenvalue weighted by atomic mass is 9.92. The summed E-state index contributed by atoms with van der Waals surface area (Å²) in [5, 5.41) is 11.3. The number of hydrogen-bond acceptors (Lipinski definition) is 3. The summed E-state index contributed by atoms with van der Waals surface area (Å²) in [7, 11) is 0. The Hall–Kier alpha value is -2.16. The first-order valence-electron chi connectivity index (χ1n) is 10.0. The molecule has 0 aliphatic carbocycles. The summed E-state index contributed by atoms with van der Waals surface area (Å²) in [6.45, 7) is 5.18. The molecular formula is C21H28F4N2O3. The van der Waals surface area contributed by atoms with Crippen molar-refractivity contribution in [1.82, 2.24) is 4.90 Å². The highest BCUT2D eigenvalue weighted by atomic mass is 19.4. The van der Waals surface area contributed by atoms with Crippen molar-refractivity contribution in [1.29, 1.82) is 0 Å². The van der Waals surface area contributed by atoms with Gasteiger partial charge in [0.25, 0.3) is 0 Å². The molecule has 2 N–H and O–H groups in total. The van der Waals surface area contributed by atoms with E-state index in [4.69, 9.17) is 5.11 Å². The van der Waals surface area contributed by atoms with Crippen molar-refractivity contribution in [3.8, 4) is 0 Å². The minimum Gasteiger partial charge on any atom is -0.481 e. The van der Waals surface area contributed by atoms with E-state index >= 15 is 0 Å². The zero-order valence-electron chi connectivity index (χ0n) is 17.3. The maximum absolute atomic E-state index is 14.3. The van der Waals surface area contributed by atoms with Crippen LogP contribution in [0.25, 0.3) is 0 Å². The summed E-state index contributed by atoms with van der Waals surface area (Å²) in [5.74, 6) is -5.02. The number of rotatable bonds is 7. The van der Waals surface area contributed by atoms with Gasteiger partial charge in [-0.15, -0.1) is 0 Å². The number of alkyl halides is 3. The Labute approximate surface area is 173 Å². The van der Waals surface area contributed by atoms with E-state index in [-0.39, 0.29) is 12.1 Å². The molecule has 1 fully saturated rings. The maximum atomic E-state index is 14.3. The molecular weight excluding hydrogens is 404 g/mol. The fraction of sp³-hybridized carbons (Fsp3) is 0.619. The fourth-order valence-corrected chi connectivity index (χ4v) is 3.64. The van der Waals surface area contributed by atoms with E-state index in [1.807, 2.05) is 6.92 Å². The monoisotopic (exact) mass is 432 g/mol. The number of carboxylic acids is 1. The predicted molar refractivity (Wildman–Crippen MR) is 105 cm³/mol. The number of nitrogens with zero attached hydrogens (tertiary/aromatic N) is 1. The van der Waals surface area contributed by atoms with Crippen LogP contribution in [0.5, 0.6) is 0 Å². The minimum atomic E-state index is -4.58. The van der Waals surface area contributed by atoms with Gasteiger partial charge in [0.05, 0.1) is 17.5 Å². The van der Waals surface area contributed by atoms with Gasteiger partial charge in [-0.1, -0.05) is 26.8 Å². The molecule has 3 atom stereocenters. The van der Waals surface area contributed by atoms with Gasteiger partial charge in [0.2, 0.25) is 5.91 Å². The average Bonchev–Trinajstić information content (AvgIpc) is 2.65. The highest BCUT2D eigenvalue weighted by molar-refractivity contribution is 5.95. The normalized spacial score (nSPS) is 19.2. The SMILES string of the molecule is CC1CCN(C(C(=O)Nc2cc(CC(C)C(=O)O)ccc2F)C(C)C(F)(F)F)CC1. The molecule has 3 unspecified atom stereocenters. The molecule has 5 nitrogen and oxygen atoms in total. The topological polar surface area (TPSA) is 69.6 Å². The second-order valence-corrected chi connectivity index (χ2v) is 8.24. The summed E-state index contributed by atoms with van der Waals surface area (Å²) in [6.07, 6.45) is -3.11. The minimum absolute atomic E-state index is 0.102. The molecule has 1 aliphatic heterocycles. The molecule has 0 radical (unpaired) electrons. The number of likely N-dealkylation sites (tertiary alicyclic amines) is 1. The molecule has 30 heavy (non-hydrogen) atoms. The zero-order valence-corrected chi connectivity index (χ0v) is 17.3. The van der Waals surface area contributed by atoms with Crippen LogP contribution < -0.4 is 5.32 Å². The molecule has 1 saturated heterocycles. The molecule has 1 aliphatic rings. The van der Waals surface area contributed by atoms with Gasteiger partial charge in [0.1, 0.15) is 11.9 Å². The number of carbonyl (C=O) groups excluding carboxylic acids is 1. The second-order valence-electron chi connectivity index (χ2n) is 8.24. The standard InChI is InChI=1S/C21H28F4N2O3/c1-12-6-8-27(9-7-12)18(14(3)21(23,24)25)19(28)26-17-11-15(4-5-16(17)22)10-13(2)20(29)30/h4-5,11-14,18H,6-10H2,1-3H3,(H,26,28)(H,29,30). The third-order valence-electron chi connectivity index (χ3n) is 5.72. The highest BCUT2D eigenvalue weighted by Crippen LogP contribution is 2.33. The molecule has 0 aromatic heterocycles. The van der Waals surface area contributed by atoms with Gasteiger partial charge >= 0.3 is 12.1 Å². The second kappa shape index (κ2) is 9.76. The van der Waals surface area contributed by atoms with Crippen molar-refractivity contribution in [3.63, 3.8) is 0 Å². The Morgan fingerprint density at radius 3 is 2.37 bits per heavy atom. The van der Waals surface area contributed by atoms with Crippen LogP contribution in [-0.2, 0) is 16.0 Å². The van der Waals surface area contributed by atoms with Gasteiger partial charge in [-0.3, -0.25) is 14.5 Å². The third kappa shape index (κ3) is 6.17. The largest absolute Gasteiger partial charge is 0.481 e. The van der Waals surface area contributed by atoms with E-state index in [1.54, 1.807) is 0 Å². The Bertz CT molecular complexity index is 761. The molecule has 168 valence electrons. The van der Waals surface area contributed by atoms with Crippen LogP contribution in [0, 0.1) is 23.6 Å². The summed E-state index contributed by atoms with van der Waals surface area (Å²) in [4.78, 5) is 25.4. The van der Waals surface area contributed by atoms with Gasteiger partial charge < -0.3 is 10.4 Å². The van der Waals surface area contributed by atoms with Gasteiger partial charge in [-0.25, -0.2) is 4.39 Å². The van der Waals surface area contributed by atoms with Gasteiger partial charge in [0, 0.05) is 0 Å². The van der Waals surface area contributed by atoms with Crippen molar-refractivity contribution >= 4 is 17.6 Å². The van der Waals surface area contributed by atoms with Crippen molar-refractivity contribution in [2.45, 2.75) is 52.3 Å².